The summed E-state index contributed by atoms with van der Waals surface area (Å²) in [6.45, 7) is 7.59. The number of rotatable bonds is 1. The highest BCUT2D eigenvalue weighted by molar-refractivity contribution is 5.68. The van der Waals surface area contributed by atoms with E-state index in [0.29, 0.717) is 0 Å². The third-order valence-corrected chi connectivity index (χ3v) is 2.50. The SMILES string of the molecule is CC1=CCC(NC(=O)OC(C)(C)C)[C@@H](N)C1. The van der Waals surface area contributed by atoms with Gasteiger partial charge in [-0.05, 0) is 40.5 Å². The third-order valence-electron chi connectivity index (χ3n) is 2.50. The molecular formula is C12H22N2O2. The van der Waals surface area contributed by atoms with Crippen LogP contribution in [0.4, 0.5) is 4.79 Å². The van der Waals surface area contributed by atoms with Crippen molar-refractivity contribution < 1.29 is 9.53 Å². The van der Waals surface area contributed by atoms with Crippen molar-refractivity contribution in [3.63, 3.8) is 0 Å². The van der Waals surface area contributed by atoms with Crippen molar-refractivity contribution >= 4 is 6.09 Å². The van der Waals surface area contributed by atoms with E-state index in [-0.39, 0.29) is 18.2 Å². The number of ether oxygens (including phenoxy) is 1. The highest BCUT2D eigenvalue weighted by Gasteiger charge is 2.25. The van der Waals surface area contributed by atoms with E-state index in [1.165, 1.54) is 5.57 Å². The molecule has 1 unspecified atom stereocenters. The molecule has 0 aromatic rings. The van der Waals surface area contributed by atoms with E-state index >= 15 is 0 Å². The molecule has 0 saturated heterocycles. The minimum absolute atomic E-state index is 0.0152. The second kappa shape index (κ2) is 4.87. The lowest BCUT2D eigenvalue weighted by Crippen LogP contribution is -2.50. The Kier molecular flexibility index (Phi) is 3.97. The van der Waals surface area contributed by atoms with Gasteiger partial charge in [0.1, 0.15) is 5.60 Å². The van der Waals surface area contributed by atoms with Crippen molar-refractivity contribution in [3.8, 4) is 0 Å². The largest absolute Gasteiger partial charge is 0.444 e. The first-order chi connectivity index (χ1) is 7.28. The fourth-order valence-corrected chi connectivity index (χ4v) is 1.73. The number of hydrogen-bond acceptors (Lipinski definition) is 3. The Morgan fingerprint density at radius 1 is 1.56 bits per heavy atom. The number of alkyl carbamates (subject to hydrolysis) is 1. The van der Waals surface area contributed by atoms with Crippen molar-refractivity contribution in [1.29, 1.82) is 0 Å². The van der Waals surface area contributed by atoms with Crippen molar-refractivity contribution in [3.05, 3.63) is 11.6 Å². The molecule has 0 radical (unpaired) electrons. The maximum Gasteiger partial charge on any atom is 0.407 e. The van der Waals surface area contributed by atoms with Crippen molar-refractivity contribution in [2.75, 3.05) is 0 Å². The summed E-state index contributed by atoms with van der Waals surface area (Å²) in [7, 11) is 0. The predicted octanol–water partition coefficient (Wildman–Crippen LogP) is 1.95. The Hall–Kier alpha value is -1.03. The van der Waals surface area contributed by atoms with Crippen LogP contribution in [0.2, 0.25) is 0 Å². The van der Waals surface area contributed by atoms with Crippen LogP contribution in [0.15, 0.2) is 11.6 Å². The molecule has 92 valence electrons. The van der Waals surface area contributed by atoms with Gasteiger partial charge in [-0.3, -0.25) is 0 Å². The lowest BCUT2D eigenvalue weighted by atomic mass is 9.92. The van der Waals surface area contributed by atoms with E-state index in [0.717, 1.165) is 12.8 Å². The van der Waals surface area contributed by atoms with Gasteiger partial charge in [0.15, 0.2) is 0 Å². The number of carbonyl (C=O) groups excluding carboxylic acids is 1. The normalized spacial score (nSPS) is 25.9. The molecular weight excluding hydrogens is 204 g/mol. The Morgan fingerprint density at radius 3 is 2.69 bits per heavy atom. The summed E-state index contributed by atoms with van der Waals surface area (Å²) in [5, 5.41) is 2.81. The molecule has 4 nitrogen and oxygen atoms in total. The number of hydrogen-bond donors (Lipinski definition) is 2. The highest BCUT2D eigenvalue weighted by atomic mass is 16.6. The average Bonchev–Trinajstić information content (AvgIpc) is 2.06. The molecule has 1 aliphatic rings. The van der Waals surface area contributed by atoms with E-state index in [9.17, 15) is 4.79 Å². The van der Waals surface area contributed by atoms with Crippen molar-refractivity contribution in [2.24, 2.45) is 5.73 Å². The van der Waals surface area contributed by atoms with E-state index < -0.39 is 5.60 Å². The molecule has 2 atom stereocenters. The van der Waals surface area contributed by atoms with Crippen LogP contribution in [0.1, 0.15) is 40.5 Å². The van der Waals surface area contributed by atoms with Gasteiger partial charge in [-0.25, -0.2) is 4.79 Å². The predicted molar refractivity (Wildman–Crippen MR) is 64.1 cm³/mol. The maximum absolute atomic E-state index is 11.5. The van der Waals surface area contributed by atoms with Crippen molar-refractivity contribution in [2.45, 2.75) is 58.2 Å². The molecule has 4 heteroatoms. The first kappa shape index (κ1) is 13.0. The Bertz CT molecular complexity index is 292. The molecule has 3 N–H and O–H groups in total. The molecule has 1 aliphatic carbocycles. The lowest BCUT2D eigenvalue weighted by Gasteiger charge is -2.29. The van der Waals surface area contributed by atoms with Gasteiger partial charge in [0.25, 0.3) is 0 Å². The summed E-state index contributed by atoms with van der Waals surface area (Å²) in [4.78, 5) is 11.5. The molecule has 0 aromatic carbocycles. The van der Waals surface area contributed by atoms with Gasteiger partial charge in [0, 0.05) is 6.04 Å². The molecule has 0 aromatic heterocycles. The molecule has 0 spiro atoms. The standard InChI is InChI=1S/C12H22N2O2/c1-8-5-6-10(9(13)7-8)14-11(15)16-12(2,3)4/h5,9-10H,6-7,13H2,1-4H3,(H,14,15)/t9-,10?/m0/s1. The minimum atomic E-state index is -0.464. The second-order valence-corrected chi connectivity index (χ2v) is 5.41. The Morgan fingerprint density at radius 2 is 2.19 bits per heavy atom. The number of nitrogens with one attached hydrogen (secondary N) is 1. The summed E-state index contributed by atoms with van der Waals surface area (Å²) in [5.74, 6) is 0. The van der Waals surface area contributed by atoms with E-state index in [4.69, 9.17) is 10.5 Å². The molecule has 0 fully saturated rings. The van der Waals surface area contributed by atoms with Crippen LogP contribution in [0, 0.1) is 0 Å². The summed E-state index contributed by atoms with van der Waals surface area (Å²) >= 11 is 0. The fraction of sp³-hybridized carbons (Fsp3) is 0.750. The van der Waals surface area contributed by atoms with E-state index in [1.807, 2.05) is 20.8 Å². The highest BCUT2D eigenvalue weighted by Crippen LogP contribution is 2.17. The zero-order valence-electron chi connectivity index (χ0n) is 10.5. The first-order valence-corrected chi connectivity index (χ1v) is 5.68. The van der Waals surface area contributed by atoms with Gasteiger partial charge < -0.3 is 15.8 Å². The maximum atomic E-state index is 11.5. The topological polar surface area (TPSA) is 64.3 Å². The van der Waals surface area contributed by atoms with Crippen LogP contribution < -0.4 is 11.1 Å². The third kappa shape index (κ3) is 4.23. The van der Waals surface area contributed by atoms with Gasteiger partial charge in [-0.15, -0.1) is 0 Å². The summed E-state index contributed by atoms with van der Waals surface area (Å²) in [6.07, 6.45) is 3.35. The number of carbonyl (C=O) groups is 1. The van der Waals surface area contributed by atoms with Crippen LogP contribution in [0.5, 0.6) is 0 Å². The molecule has 0 aliphatic heterocycles. The van der Waals surface area contributed by atoms with Crippen LogP contribution in [0.25, 0.3) is 0 Å². The van der Waals surface area contributed by atoms with Gasteiger partial charge in [-0.2, -0.15) is 0 Å². The number of amides is 1. The molecule has 16 heavy (non-hydrogen) atoms. The van der Waals surface area contributed by atoms with Crippen LogP contribution in [-0.4, -0.2) is 23.8 Å². The minimum Gasteiger partial charge on any atom is -0.444 e. The second-order valence-electron chi connectivity index (χ2n) is 5.41. The van der Waals surface area contributed by atoms with Crippen LogP contribution in [0.3, 0.4) is 0 Å². The first-order valence-electron chi connectivity index (χ1n) is 5.68. The quantitative estimate of drug-likeness (QED) is 0.672. The molecule has 0 heterocycles. The summed E-state index contributed by atoms with van der Waals surface area (Å²) in [6, 6.07) is -0.0314. The smallest absolute Gasteiger partial charge is 0.407 e. The van der Waals surface area contributed by atoms with Gasteiger partial charge in [-0.1, -0.05) is 11.6 Å². The van der Waals surface area contributed by atoms with Gasteiger partial charge in [0.05, 0.1) is 6.04 Å². The van der Waals surface area contributed by atoms with Gasteiger partial charge >= 0.3 is 6.09 Å². The fourth-order valence-electron chi connectivity index (χ4n) is 1.73. The monoisotopic (exact) mass is 226 g/mol. The van der Waals surface area contributed by atoms with E-state index in [2.05, 4.69) is 18.3 Å². The van der Waals surface area contributed by atoms with Crippen LogP contribution >= 0.6 is 0 Å². The molecule has 1 amide bonds. The summed E-state index contributed by atoms with van der Waals surface area (Å²) < 4.78 is 5.19. The summed E-state index contributed by atoms with van der Waals surface area (Å²) in [5.41, 5.74) is 6.79. The average molecular weight is 226 g/mol. The van der Waals surface area contributed by atoms with Gasteiger partial charge in [0.2, 0.25) is 0 Å². The zero-order chi connectivity index (χ0) is 12.3. The Labute approximate surface area is 97.2 Å². The molecule has 0 saturated carbocycles. The molecule has 1 rings (SSSR count). The zero-order valence-corrected chi connectivity index (χ0v) is 10.5. The van der Waals surface area contributed by atoms with Crippen LogP contribution in [-0.2, 0) is 4.74 Å². The number of nitrogens with two attached hydrogens (primary N) is 1. The Balaban J connectivity index is 2.46. The molecule has 0 bridgehead atoms. The van der Waals surface area contributed by atoms with Crippen molar-refractivity contribution in [1.82, 2.24) is 5.32 Å². The lowest BCUT2D eigenvalue weighted by molar-refractivity contribution is 0.0495. The van der Waals surface area contributed by atoms with E-state index in [1.54, 1.807) is 0 Å².